The summed E-state index contributed by atoms with van der Waals surface area (Å²) in [5, 5.41) is 13.7. The Bertz CT molecular complexity index is 271. The van der Waals surface area contributed by atoms with Gasteiger partial charge in [0, 0.05) is 9.85 Å². The van der Waals surface area contributed by atoms with E-state index in [1.165, 1.54) is 10.0 Å². The Hall–Kier alpha value is 0.140. The first-order valence-corrected chi connectivity index (χ1v) is 5.90. The molecule has 2 unspecified atom stereocenters. The van der Waals surface area contributed by atoms with Crippen molar-refractivity contribution < 1.29 is 5.11 Å². The van der Waals surface area contributed by atoms with E-state index in [4.69, 9.17) is 0 Å². The molecule has 2 rings (SSSR count). The van der Waals surface area contributed by atoms with Gasteiger partial charge in [-0.1, -0.05) is 0 Å². The number of aliphatic hydroxyl groups is 1. The zero-order valence-corrected chi connectivity index (χ0v) is 9.07. The van der Waals surface area contributed by atoms with E-state index in [2.05, 4.69) is 26.7 Å². The maximum atomic E-state index is 9.38. The molecule has 0 amide bonds. The Labute approximate surface area is 84.6 Å². The van der Waals surface area contributed by atoms with Crippen molar-refractivity contribution in [3.8, 4) is 0 Å². The van der Waals surface area contributed by atoms with Gasteiger partial charge in [-0.25, -0.2) is 0 Å². The predicted molar refractivity (Wildman–Crippen MR) is 54.6 cm³/mol. The average Bonchev–Trinajstić information content (AvgIpc) is 2.58. The minimum absolute atomic E-state index is 0.0678. The summed E-state index contributed by atoms with van der Waals surface area (Å²) in [6.07, 6.45) is 2.97. The lowest BCUT2D eigenvalue weighted by molar-refractivity contribution is 0.181. The van der Waals surface area contributed by atoms with Crippen LogP contribution in [0.15, 0.2) is 15.2 Å². The highest BCUT2D eigenvalue weighted by atomic mass is 79.9. The van der Waals surface area contributed by atoms with Gasteiger partial charge < -0.3 is 5.11 Å². The van der Waals surface area contributed by atoms with Crippen LogP contribution < -0.4 is 0 Å². The molecule has 0 radical (unpaired) electrons. The van der Waals surface area contributed by atoms with E-state index in [0.717, 1.165) is 19.3 Å². The van der Waals surface area contributed by atoms with Crippen LogP contribution in [0.2, 0.25) is 0 Å². The van der Waals surface area contributed by atoms with Crippen LogP contribution in [0.4, 0.5) is 0 Å². The van der Waals surface area contributed by atoms with Crippen molar-refractivity contribution in [1.82, 2.24) is 0 Å². The summed E-state index contributed by atoms with van der Waals surface area (Å²) in [5.74, 6) is 0.584. The largest absolute Gasteiger partial charge is 0.393 e. The fourth-order valence-corrected chi connectivity index (χ4v) is 3.53. The monoisotopic (exact) mass is 246 g/mol. The Balaban J connectivity index is 2.16. The second-order valence-electron chi connectivity index (χ2n) is 3.34. The molecule has 1 aromatic rings. The summed E-state index contributed by atoms with van der Waals surface area (Å²) in [7, 11) is 0. The van der Waals surface area contributed by atoms with E-state index in [0.29, 0.717) is 5.92 Å². The lowest BCUT2D eigenvalue weighted by Crippen LogP contribution is -1.98. The second kappa shape index (κ2) is 3.48. The van der Waals surface area contributed by atoms with Crippen molar-refractivity contribution in [2.75, 3.05) is 0 Å². The third kappa shape index (κ3) is 1.58. The number of aliphatic hydroxyl groups excluding tert-OH is 1. The van der Waals surface area contributed by atoms with E-state index in [1.54, 1.807) is 11.3 Å². The minimum atomic E-state index is -0.0678. The van der Waals surface area contributed by atoms with E-state index in [-0.39, 0.29) is 6.10 Å². The van der Waals surface area contributed by atoms with Gasteiger partial charge in [0.2, 0.25) is 0 Å². The van der Waals surface area contributed by atoms with Gasteiger partial charge in [-0.05, 0) is 52.1 Å². The van der Waals surface area contributed by atoms with Crippen LogP contribution in [0.1, 0.15) is 30.7 Å². The first kappa shape index (κ1) is 8.73. The summed E-state index contributed by atoms with van der Waals surface area (Å²) in [5.41, 5.74) is 1.39. The molecule has 1 nitrogen and oxygen atoms in total. The van der Waals surface area contributed by atoms with Crippen molar-refractivity contribution in [3.05, 3.63) is 20.8 Å². The molecule has 0 bridgehead atoms. The van der Waals surface area contributed by atoms with Gasteiger partial charge in [-0.2, -0.15) is 11.3 Å². The van der Waals surface area contributed by atoms with Gasteiger partial charge >= 0.3 is 0 Å². The molecule has 0 aliphatic heterocycles. The number of rotatable bonds is 1. The van der Waals surface area contributed by atoms with Crippen molar-refractivity contribution in [1.29, 1.82) is 0 Å². The van der Waals surface area contributed by atoms with Crippen LogP contribution in [-0.4, -0.2) is 11.2 Å². The fraction of sp³-hybridized carbons (Fsp3) is 0.556. The van der Waals surface area contributed by atoms with Crippen LogP contribution >= 0.6 is 27.3 Å². The van der Waals surface area contributed by atoms with Crippen LogP contribution in [0.25, 0.3) is 0 Å². The van der Waals surface area contributed by atoms with Crippen LogP contribution in [0.3, 0.4) is 0 Å². The van der Waals surface area contributed by atoms with Gasteiger partial charge in [0.1, 0.15) is 0 Å². The first-order chi connectivity index (χ1) is 5.77. The summed E-state index contributed by atoms with van der Waals surface area (Å²) in [6, 6.07) is 0. The lowest BCUT2D eigenvalue weighted by atomic mass is 10.0. The average molecular weight is 247 g/mol. The smallest absolute Gasteiger partial charge is 0.0546 e. The normalized spacial score (nSPS) is 29.5. The molecule has 1 N–H and O–H groups in total. The van der Waals surface area contributed by atoms with Crippen LogP contribution in [0.5, 0.6) is 0 Å². The highest BCUT2D eigenvalue weighted by molar-refractivity contribution is 9.10. The zero-order valence-electron chi connectivity index (χ0n) is 6.66. The second-order valence-corrected chi connectivity index (χ2v) is 4.94. The molecule has 0 saturated heterocycles. The van der Waals surface area contributed by atoms with Crippen LogP contribution in [0, 0.1) is 0 Å². The van der Waals surface area contributed by atoms with Crippen molar-refractivity contribution >= 4 is 27.3 Å². The highest BCUT2D eigenvalue weighted by Crippen LogP contribution is 2.39. The van der Waals surface area contributed by atoms with Gasteiger partial charge in [-0.15, -0.1) is 0 Å². The fourth-order valence-electron chi connectivity index (χ4n) is 1.82. The minimum Gasteiger partial charge on any atom is -0.393 e. The molecule has 66 valence electrons. The van der Waals surface area contributed by atoms with E-state index < -0.39 is 0 Å². The number of halogens is 1. The lowest BCUT2D eigenvalue weighted by Gasteiger charge is -2.07. The van der Waals surface area contributed by atoms with E-state index in [1.807, 2.05) is 0 Å². The standard InChI is InChI=1S/C9H11BrOS/c10-9-5-12-4-8(9)6-1-2-7(11)3-6/h4-7,11H,1-3H2. The third-order valence-electron chi connectivity index (χ3n) is 2.49. The van der Waals surface area contributed by atoms with Crippen molar-refractivity contribution in [3.63, 3.8) is 0 Å². The van der Waals surface area contributed by atoms with Gasteiger partial charge in [-0.3, -0.25) is 0 Å². The Kier molecular flexibility index (Phi) is 2.53. The quantitative estimate of drug-likeness (QED) is 0.808. The number of hydrogen-bond donors (Lipinski definition) is 1. The van der Waals surface area contributed by atoms with Gasteiger partial charge in [0.05, 0.1) is 6.10 Å². The maximum Gasteiger partial charge on any atom is 0.0546 e. The van der Waals surface area contributed by atoms with Crippen molar-refractivity contribution in [2.45, 2.75) is 31.3 Å². The van der Waals surface area contributed by atoms with Gasteiger partial charge in [0.15, 0.2) is 0 Å². The Morgan fingerprint density at radius 3 is 2.75 bits per heavy atom. The molecule has 2 atom stereocenters. The molecule has 1 aliphatic rings. The molecular weight excluding hydrogens is 236 g/mol. The van der Waals surface area contributed by atoms with Gasteiger partial charge in [0.25, 0.3) is 0 Å². The molecule has 0 aromatic carbocycles. The SMILES string of the molecule is OC1CCC(c2cscc2Br)C1. The third-order valence-corrected chi connectivity index (χ3v) is 4.24. The molecular formula is C9H11BrOS. The van der Waals surface area contributed by atoms with Crippen molar-refractivity contribution in [2.24, 2.45) is 0 Å². The molecule has 12 heavy (non-hydrogen) atoms. The first-order valence-electron chi connectivity index (χ1n) is 4.17. The molecule has 1 fully saturated rings. The molecule has 1 aromatic heterocycles. The maximum absolute atomic E-state index is 9.38. The molecule has 3 heteroatoms. The molecule has 1 saturated carbocycles. The molecule has 0 spiro atoms. The molecule has 1 aliphatic carbocycles. The molecule has 1 heterocycles. The van der Waals surface area contributed by atoms with E-state index >= 15 is 0 Å². The number of thiophene rings is 1. The number of hydrogen-bond acceptors (Lipinski definition) is 2. The highest BCUT2D eigenvalue weighted by Gasteiger charge is 2.25. The van der Waals surface area contributed by atoms with Crippen LogP contribution in [-0.2, 0) is 0 Å². The Morgan fingerprint density at radius 1 is 1.42 bits per heavy atom. The van der Waals surface area contributed by atoms with E-state index in [9.17, 15) is 5.11 Å². The Morgan fingerprint density at radius 2 is 2.25 bits per heavy atom. The summed E-state index contributed by atoms with van der Waals surface area (Å²) >= 11 is 5.25. The summed E-state index contributed by atoms with van der Waals surface area (Å²) in [4.78, 5) is 0. The summed E-state index contributed by atoms with van der Waals surface area (Å²) < 4.78 is 1.21. The topological polar surface area (TPSA) is 20.2 Å². The summed E-state index contributed by atoms with van der Waals surface area (Å²) in [6.45, 7) is 0. The zero-order chi connectivity index (χ0) is 8.55. The predicted octanol–water partition coefficient (Wildman–Crippen LogP) is 3.14.